The number of methoxy groups -OCH3 is 1. The summed E-state index contributed by atoms with van der Waals surface area (Å²) in [5, 5.41) is 0. The molecule has 0 atom stereocenters. The summed E-state index contributed by atoms with van der Waals surface area (Å²) < 4.78 is 31.7. The summed E-state index contributed by atoms with van der Waals surface area (Å²) in [7, 11) is -2.00. The number of sulfonamides is 1. The fraction of sp³-hybridized carbons (Fsp3) is 0.455. The lowest BCUT2D eigenvalue weighted by Crippen LogP contribution is -2.39. The van der Waals surface area contributed by atoms with Crippen molar-refractivity contribution >= 4 is 15.7 Å². The minimum absolute atomic E-state index is 0.0727. The number of hydrogen-bond acceptors (Lipinski definition) is 4. The van der Waals surface area contributed by atoms with Crippen molar-refractivity contribution < 1.29 is 13.2 Å². The van der Waals surface area contributed by atoms with Crippen LogP contribution in [0, 0.1) is 0 Å². The maximum absolute atomic E-state index is 12.0. The van der Waals surface area contributed by atoms with Gasteiger partial charge in [-0.1, -0.05) is 6.42 Å². The molecule has 0 heterocycles. The van der Waals surface area contributed by atoms with E-state index in [1.54, 1.807) is 0 Å². The van der Waals surface area contributed by atoms with Crippen molar-refractivity contribution in [1.29, 1.82) is 0 Å². The summed E-state index contributed by atoms with van der Waals surface area (Å²) >= 11 is 0. The number of hydrogen-bond donors (Lipinski definition) is 2. The molecule has 0 spiro atoms. The van der Waals surface area contributed by atoms with E-state index in [0.717, 1.165) is 19.3 Å². The predicted molar refractivity (Wildman–Crippen MR) is 65.4 cm³/mol. The van der Waals surface area contributed by atoms with Crippen molar-refractivity contribution in [1.82, 2.24) is 4.72 Å². The second-order valence-corrected chi connectivity index (χ2v) is 5.87. The van der Waals surface area contributed by atoms with Crippen LogP contribution in [-0.2, 0) is 10.0 Å². The van der Waals surface area contributed by atoms with Crippen LogP contribution in [-0.4, -0.2) is 21.6 Å². The van der Waals surface area contributed by atoms with Crippen LogP contribution in [0.1, 0.15) is 19.3 Å². The molecule has 1 saturated carbocycles. The maximum atomic E-state index is 12.0. The van der Waals surface area contributed by atoms with Gasteiger partial charge in [0.05, 0.1) is 17.7 Å². The van der Waals surface area contributed by atoms with Gasteiger partial charge in [-0.15, -0.1) is 0 Å². The van der Waals surface area contributed by atoms with Crippen LogP contribution in [0.3, 0.4) is 0 Å². The average molecular weight is 256 g/mol. The molecule has 2 rings (SSSR count). The fourth-order valence-corrected chi connectivity index (χ4v) is 2.99. The van der Waals surface area contributed by atoms with Gasteiger partial charge in [-0.2, -0.15) is 0 Å². The highest BCUT2D eigenvalue weighted by Crippen LogP contribution is 2.26. The van der Waals surface area contributed by atoms with Crippen molar-refractivity contribution in [2.75, 3.05) is 12.8 Å². The minimum Gasteiger partial charge on any atom is -0.495 e. The molecule has 0 radical (unpaired) electrons. The number of nitrogen functional groups attached to an aromatic ring is 1. The van der Waals surface area contributed by atoms with Crippen molar-refractivity contribution in [3.05, 3.63) is 18.2 Å². The lowest BCUT2D eigenvalue weighted by molar-refractivity contribution is 0.383. The highest BCUT2D eigenvalue weighted by atomic mass is 32.2. The van der Waals surface area contributed by atoms with Gasteiger partial charge in [-0.05, 0) is 25.0 Å². The summed E-state index contributed by atoms with van der Waals surface area (Å²) in [6, 6.07) is 4.53. The first-order valence-electron chi connectivity index (χ1n) is 5.49. The van der Waals surface area contributed by atoms with Gasteiger partial charge in [0.2, 0.25) is 10.0 Å². The molecule has 1 aromatic rings. The maximum Gasteiger partial charge on any atom is 0.240 e. The van der Waals surface area contributed by atoms with Crippen molar-refractivity contribution in [3.63, 3.8) is 0 Å². The van der Waals surface area contributed by atoms with E-state index in [-0.39, 0.29) is 10.9 Å². The Kier molecular flexibility index (Phi) is 3.26. The van der Waals surface area contributed by atoms with E-state index in [9.17, 15) is 8.42 Å². The molecule has 1 fully saturated rings. The molecule has 3 N–H and O–H groups in total. The van der Waals surface area contributed by atoms with Crippen molar-refractivity contribution in [2.24, 2.45) is 0 Å². The van der Waals surface area contributed by atoms with Crippen LogP contribution in [0.2, 0.25) is 0 Å². The zero-order chi connectivity index (χ0) is 12.5. The van der Waals surface area contributed by atoms with Crippen LogP contribution in [0.25, 0.3) is 0 Å². The summed E-state index contributed by atoms with van der Waals surface area (Å²) in [4.78, 5) is 0.190. The van der Waals surface area contributed by atoms with E-state index in [4.69, 9.17) is 10.5 Å². The summed E-state index contributed by atoms with van der Waals surface area (Å²) in [5.74, 6) is 0.376. The Hall–Kier alpha value is -1.27. The number of nitrogens with one attached hydrogen (secondary N) is 1. The van der Waals surface area contributed by atoms with Gasteiger partial charge in [0.1, 0.15) is 5.75 Å². The van der Waals surface area contributed by atoms with Crippen LogP contribution in [0.5, 0.6) is 5.75 Å². The number of rotatable bonds is 4. The predicted octanol–water partition coefficient (Wildman–Crippen LogP) is 1.11. The first-order chi connectivity index (χ1) is 8.03. The third-order valence-electron chi connectivity index (χ3n) is 2.94. The van der Waals surface area contributed by atoms with E-state index < -0.39 is 10.0 Å². The second kappa shape index (κ2) is 4.54. The van der Waals surface area contributed by atoms with Gasteiger partial charge in [0.15, 0.2) is 0 Å². The third kappa shape index (κ3) is 2.53. The molecule has 94 valence electrons. The summed E-state index contributed by atoms with van der Waals surface area (Å²) in [5.41, 5.74) is 6.07. The van der Waals surface area contributed by atoms with Gasteiger partial charge in [-0.25, -0.2) is 13.1 Å². The molecular formula is C11H16N2O3S. The molecule has 0 aliphatic heterocycles. The van der Waals surface area contributed by atoms with Gasteiger partial charge < -0.3 is 10.5 Å². The first-order valence-corrected chi connectivity index (χ1v) is 6.97. The highest BCUT2D eigenvalue weighted by molar-refractivity contribution is 7.89. The van der Waals surface area contributed by atoms with E-state index >= 15 is 0 Å². The molecule has 0 amide bonds. The SMILES string of the molecule is COc1cc(S(=O)(=O)NC2CCC2)ccc1N. The molecule has 1 aliphatic carbocycles. The van der Waals surface area contributed by atoms with Crippen LogP contribution >= 0.6 is 0 Å². The lowest BCUT2D eigenvalue weighted by atomic mass is 9.94. The first kappa shape index (κ1) is 12.2. The van der Waals surface area contributed by atoms with Gasteiger partial charge in [-0.3, -0.25) is 0 Å². The number of nitrogens with two attached hydrogens (primary N) is 1. The number of ether oxygens (including phenoxy) is 1. The average Bonchev–Trinajstić information content (AvgIpc) is 2.24. The topological polar surface area (TPSA) is 81.4 Å². The number of anilines is 1. The summed E-state index contributed by atoms with van der Waals surface area (Å²) in [6.07, 6.45) is 2.90. The largest absolute Gasteiger partial charge is 0.495 e. The Labute approximate surface area is 101 Å². The highest BCUT2D eigenvalue weighted by Gasteiger charge is 2.25. The Balaban J connectivity index is 2.25. The minimum atomic E-state index is -3.46. The lowest BCUT2D eigenvalue weighted by Gasteiger charge is -2.26. The Bertz CT molecular complexity index is 509. The van der Waals surface area contributed by atoms with Gasteiger partial charge >= 0.3 is 0 Å². The fourth-order valence-electron chi connectivity index (χ4n) is 1.67. The molecule has 1 aromatic carbocycles. The van der Waals surface area contributed by atoms with Crippen LogP contribution in [0.4, 0.5) is 5.69 Å². The van der Waals surface area contributed by atoms with E-state index in [1.807, 2.05) is 0 Å². The standard InChI is InChI=1S/C11H16N2O3S/c1-16-11-7-9(5-6-10(11)12)17(14,15)13-8-3-2-4-8/h5-8,13H,2-4,12H2,1H3. The quantitative estimate of drug-likeness (QED) is 0.791. The molecule has 0 aromatic heterocycles. The Morgan fingerprint density at radius 2 is 2.12 bits per heavy atom. The van der Waals surface area contributed by atoms with Gasteiger partial charge in [0, 0.05) is 12.1 Å². The molecule has 0 bridgehead atoms. The van der Waals surface area contributed by atoms with E-state index in [1.165, 1.54) is 25.3 Å². The van der Waals surface area contributed by atoms with E-state index in [0.29, 0.717) is 11.4 Å². The molecule has 6 heteroatoms. The molecule has 17 heavy (non-hydrogen) atoms. The summed E-state index contributed by atoms with van der Waals surface area (Å²) in [6.45, 7) is 0. The van der Waals surface area contributed by atoms with Crippen LogP contribution < -0.4 is 15.2 Å². The third-order valence-corrected chi connectivity index (χ3v) is 4.46. The van der Waals surface area contributed by atoms with Gasteiger partial charge in [0.25, 0.3) is 0 Å². The Morgan fingerprint density at radius 3 is 2.65 bits per heavy atom. The molecule has 5 nitrogen and oxygen atoms in total. The molecule has 1 aliphatic rings. The Morgan fingerprint density at radius 1 is 1.41 bits per heavy atom. The van der Waals surface area contributed by atoms with Crippen molar-refractivity contribution in [3.8, 4) is 5.75 Å². The molecule has 0 saturated heterocycles. The van der Waals surface area contributed by atoms with E-state index in [2.05, 4.69) is 4.72 Å². The smallest absolute Gasteiger partial charge is 0.240 e. The second-order valence-electron chi connectivity index (χ2n) is 4.15. The zero-order valence-corrected chi connectivity index (χ0v) is 10.5. The van der Waals surface area contributed by atoms with Crippen molar-refractivity contribution in [2.45, 2.75) is 30.2 Å². The van der Waals surface area contributed by atoms with Crippen LogP contribution in [0.15, 0.2) is 23.1 Å². The normalized spacial score (nSPS) is 16.5. The molecular weight excluding hydrogens is 240 g/mol. The molecule has 0 unspecified atom stereocenters. The zero-order valence-electron chi connectivity index (χ0n) is 9.64. The number of benzene rings is 1. The monoisotopic (exact) mass is 256 g/mol.